The van der Waals surface area contributed by atoms with E-state index in [9.17, 15) is 9.59 Å². The molecule has 0 aromatic heterocycles. The molecule has 2 amide bonds. The van der Waals surface area contributed by atoms with Gasteiger partial charge in [-0.15, -0.1) is 0 Å². The first kappa shape index (κ1) is 12.0. The van der Waals surface area contributed by atoms with Gasteiger partial charge < -0.3 is 15.5 Å². The molecule has 1 aromatic rings. The highest BCUT2D eigenvalue weighted by atomic mass is 16.2. The second-order valence-electron chi connectivity index (χ2n) is 5.55. The van der Waals surface area contributed by atoms with Crippen LogP contribution in [-0.2, 0) is 15.0 Å². The Morgan fingerprint density at radius 2 is 2.11 bits per heavy atom. The van der Waals surface area contributed by atoms with Crippen molar-refractivity contribution < 1.29 is 9.59 Å². The van der Waals surface area contributed by atoms with Gasteiger partial charge in [-0.2, -0.15) is 0 Å². The second-order valence-corrected chi connectivity index (χ2v) is 5.55. The van der Waals surface area contributed by atoms with Crippen molar-refractivity contribution in [3.8, 4) is 0 Å². The fourth-order valence-corrected chi connectivity index (χ4v) is 3.04. The van der Waals surface area contributed by atoms with Crippen molar-refractivity contribution >= 4 is 23.2 Å². The summed E-state index contributed by atoms with van der Waals surface area (Å²) in [5, 5.41) is 6.22. The highest BCUT2D eigenvalue weighted by Crippen LogP contribution is 2.48. The molecule has 1 aromatic carbocycles. The predicted octanol–water partition coefficient (Wildman–Crippen LogP) is 1.17. The van der Waals surface area contributed by atoms with Crippen molar-refractivity contribution in [1.29, 1.82) is 0 Å². The standard InChI is InChI=1S/C14H17N3O2/c1-17(2)12(19)7-14-6-11(18)16-10-5-3-4-9(13(10)14)15-8-14/h3-5,15H,6-8H2,1-2H3,(H,16,18). The molecule has 0 bridgehead atoms. The molecule has 0 saturated heterocycles. The van der Waals surface area contributed by atoms with Crippen molar-refractivity contribution in [3.05, 3.63) is 23.8 Å². The van der Waals surface area contributed by atoms with Crippen LogP contribution in [0.1, 0.15) is 18.4 Å². The summed E-state index contributed by atoms with van der Waals surface area (Å²) in [4.78, 5) is 25.6. The van der Waals surface area contributed by atoms with Gasteiger partial charge in [0.15, 0.2) is 0 Å². The highest BCUT2D eigenvalue weighted by molar-refractivity contribution is 5.99. The molecule has 1 atom stereocenters. The molecule has 0 radical (unpaired) electrons. The molecule has 2 N–H and O–H groups in total. The maximum Gasteiger partial charge on any atom is 0.225 e. The minimum atomic E-state index is -0.393. The van der Waals surface area contributed by atoms with Crippen molar-refractivity contribution in [2.24, 2.45) is 0 Å². The maximum absolute atomic E-state index is 12.1. The van der Waals surface area contributed by atoms with Crippen molar-refractivity contribution in [2.75, 3.05) is 31.3 Å². The summed E-state index contributed by atoms with van der Waals surface area (Å²) >= 11 is 0. The first-order valence-electron chi connectivity index (χ1n) is 6.39. The molecule has 3 rings (SSSR count). The molecule has 0 saturated carbocycles. The molecule has 1 unspecified atom stereocenters. The van der Waals surface area contributed by atoms with Crippen LogP contribution in [0.4, 0.5) is 11.4 Å². The molecular formula is C14H17N3O2. The Hall–Kier alpha value is -2.04. The van der Waals surface area contributed by atoms with Gasteiger partial charge in [0.05, 0.1) is 0 Å². The highest BCUT2D eigenvalue weighted by Gasteiger charge is 2.46. The van der Waals surface area contributed by atoms with E-state index in [0.29, 0.717) is 19.4 Å². The number of hydrogen-bond acceptors (Lipinski definition) is 3. The first-order valence-corrected chi connectivity index (χ1v) is 6.39. The zero-order chi connectivity index (χ0) is 13.6. The van der Waals surface area contributed by atoms with E-state index in [1.165, 1.54) is 0 Å². The van der Waals surface area contributed by atoms with Gasteiger partial charge in [-0.1, -0.05) is 6.07 Å². The van der Waals surface area contributed by atoms with E-state index in [1.807, 2.05) is 18.2 Å². The Bertz CT molecular complexity index is 568. The lowest BCUT2D eigenvalue weighted by Crippen LogP contribution is -2.42. The summed E-state index contributed by atoms with van der Waals surface area (Å²) in [6, 6.07) is 5.81. The minimum absolute atomic E-state index is 0.0140. The quantitative estimate of drug-likeness (QED) is 0.838. The average molecular weight is 259 g/mol. The number of hydrogen-bond donors (Lipinski definition) is 2. The monoisotopic (exact) mass is 259 g/mol. The van der Waals surface area contributed by atoms with Gasteiger partial charge in [0, 0.05) is 55.8 Å². The summed E-state index contributed by atoms with van der Waals surface area (Å²) in [6.07, 6.45) is 0.730. The Morgan fingerprint density at radius 3 is 2.84 bits per heavy atom. The van der Waals surface area contributed by atoms with Crippen LogP contribution >= 0.6 is 0 Å². The number of benzene rings is 1. The number of carbonyl (C=O) groups is 2. The topological polar surface area (TPSA) is 61.4 Å². The molecule has 19 heavy (non-hydrogen) atoms. The van der Waals surface area contributed by atoms with E-state index < -0.39 is 5.41 Å². The minimum Gasteiger partial charge on any atom is -0.384 e. The third-order valence-electron chi connectivity index (χ3n) is 3.97. The van der Waals surface area contributed by atoms with Crippen LogP contribution in [0.15, 0.2) is 18.2 Å². The van der Waals surface area contributed by atoms with Gasteiger partial charge in [0.25, 0.3) is 0 Å². The van der Waals surface area contributed by atoms with Crippen LogP contribution in [0, 0.1) is 0 Å². The van der Waals surface area contributed by atoms with Crippen LogP contribution in [0.5, 0.6) is 0 Å². The average Bonchev–Trinajstić information content (AvgIpc) is 2.69. The number of rotatable bonds is 2. The molecule has 2 aliphatic rings. The molecule has 2 heterocycles. The molecule has 5 nitrogen and oxygen atoms in total. The summed E-state index contributed by atoms with van der Waals surface area (Å²) in [6.45, 7) is 0.645. The smallest absolute Gasteiger partial charge is 0.225 e. The van der Waals surface area contributed by atoms with Gasteiger partial charge in [-0.3, -0.25) is 9.59 Å². The van der Waals surface area contributed by atoms with E-state index in [0.717, 1.165) is 16.9 Å². The number of anilines is 2. The lowest BCUT2D eigenvalue weighted by molar-refractivity contribution is -0.130. The molecule has 0 spiro atoms. The molecule has 5 heteroatoms. The maximum atomic E-state index is 12.1. The zero-order valence-electron chi connectivity index (χ0n) is 11.1. The van der Waals surface area contributed by atoms with Crippen LogP contribution in [-0.4, -0.2) is 37.4 Å². The SMILES string of the molecule is CN(C)C(=O)CC12CNc3cccc(c31)NC(=O)C2. The number of amides is 2. The zero-order valence-corrected chi connectivity index (χ0v) is 11.1. The van der Waals surface area contributed by atoms with E-state index in [-0.39, 0.29) is 11.8 Å². The van der Waals surface area contributed by atoms with Gasteiger partial charge in [0.2, 0.25) is 11.8 Å². The van der Waals surface area contributed by atoms with Crippen molar-refractivity contribution in [3.63, 3.8) is 0 Å². The van der Waals surface area contributed by atoms with Gasteiger partial charge in [-0.05, 0) is 12.1 Å². The fourth-order valence-electron chi connectivity index (χ4n) is 3.04. The Labute approximate surface area is 112 Å². The first-order chi connectivity index (χ1) is 9.02. The molecule has 100 valence electrons. The van der Waals surface area contributed by atoms with Crippen LogP contribution in [0.3, 0.4) is 0 Å². The second kappa shape index (κ2) is 3.98. The molecular weight excluding hydrogens is 242 g/mol. The molecule has 0 aliphatic carbocycles. The Kier molecular flexibility index (Phi) is 2.52. The van der Waals surface area contributed by atoms with Gasteiger partial charge in [0.1, 0.15) is 0 Å². The van der Waals surface area contributed by atoms with Crippen LogP contribution in [0.25, 0.3) is 0 Å². The number of nitrogens with zero attached hydrogens (tertiary/aromatic N) is 1. The molecule has 2 aliphatic heterocycles. The summed E-state index contributed by atoms with van der Waals surface area (Å²) in [5.41, 5.74) is 2.56. The third-order valence-corrected chi connectivity index (χ3v) is 3.97. The summed E-state index contributed by atoms with van der Waals surface area (Å²) in [5.74, 6) is 0.0408. The van der Waals surface area contributed by atoms with E-state index >= 15 is 0 Å². The number of nitrogens with one attached hydrogen (secondary N) is 2. The molecule has 0 fully saturated rings. The van der Waals surface area contributed by atoms with E-state index in [1.54, 1.807) is 19.0 Å². The lowest BCUT2D eigenvalue weighted by atomic mass is 9.73. The van der Waals surface area contributed by atoms with Crippen LogP contribution in [0.2, 0.25) is 0 Å². The van der Waals surface area contributed by atoms with Crippen LogP contribution < -0.4 is 10.6 Å². The van der Waals surface area contributed by atoms with Gasteiger partial charge >= 0.3 is 0 Å². The number of carbonyl (C=O) groups excluding carboxylic acids is 2. The van der Waals surface area contributed by atoms with Crippen molar-refractivity contribution in [2.45, 2.75) is 18.3 Å². The van der Waals surface area contributed by atoms with Crippen molar-refractivity contribution in [1.82, 2.24) is 4.90 Å². The predicted molar refractivity (Wildman–Crippen MR) is 73.2 cm³/mol. The normalized spacial score (nSPS) is 23.4. The summed E-state index contributed by atoms with van der Waals surface area (Å²) < 4.78 is 0. The Balaban J connectivity index is 2.06. The van der Waals surface area contributed by atoms with E-state index in [2.05, 4.69) is 10.6 Å². The fraction of sp³-hybridized carbons (Fsp3) is 0.429. The van der Waals surface area contributed by atoms with E-state index in [4.69, 9.17) is 0 Å². The summed E-state index contributed by atoms with van der Waals surface area (Å²) in [7, 11) is 3.49. The lowest BCUT2D eigenvalue weighted by Gasteiger charge is -2.34. The van der Waals surface area contributed by atoms with Gasteiger partial charge in [-0.25, -0.2) is 0 Å². The largest absolute Gasteiger partial charge is 0.384 e. The Morgan fingerprint density at radius 1 is 1.37 bits per heavy atom. The third kappa shape index (κ3) is 1.77.